The molecule has 0 aliphatic heterocycles. The van der Waals surface area contributed by atoms with E-state index in [1.807, 2.05) is 13.0 Å². The van der Waals surface area contributed by atoms with Crippen molar-refractivity contribution in [1.82, 2.24) is 4.98 Å². The van der Waals surface area contributed by atoms with Crippen LogP contribution in [-0.4, -0.2) is 16.5 Å². The van der Waals surface area contributed by atoms with Gasteiger partial charge in [-0.2, -0.15) is 5.26 Å². The number of nitriles is 1. The molecule has 0 radical (unpaired) electrons. The molecule has 7 heteroatoms. The van der Waals surface area contributed by atoms with Gasteiger partial charge in [0, 0.05) is 34.5 Å². The maximum Gasteiger partial charge on any atom is 0.270 e. The van der Waals surface area contributed by atoms with Crippen molar-refractivity contribution in [1.29, 1.82) is 5.26 Å². The van der Waals surface area contributed by atoms with Gasteiger partial charge in [-0.1, -0.05) is 30.3 Å². The minimum absolute atomic E-state index is 0.0451. The van der Waals surface area contributed by atoms with Gasteiger partial charge in [0.25, 0.3) is 11.2 Å². The van der Waals surface area contributed by atoms with Crippen LogP contribution >= 0.6 is 0 Å². The fourth-order valence-corrected chi connectivity index (χ4v) is 2.80. The number of benzene rings is 2. The number of nitro benzene ring substituents is 1. The van der Waals surface area contributed by atoms with Crippen molar-refractivity contribution in [2.75, 3.05) is 6.61 Å². The molecule has 0 aliphatic rings. The standard InChI is InChI=1S/C20H15N3O4/c1-2-27-19-9-4-3-8-15(19)16-11-18(22-20(24)17(16)12-21)13-6-5-7-14(10-13)23(25)26/h3-11H,2H2,1H3,(H,22,24). The molecule has 0 fully saturated rings. The molecule has 134 valence electrons. The molecule has 0 saturated carbocycles. The van der Waals surface area contributed by atoms with E-state index < -0.39 is 10.5 Å². The molecule has 1 N–H and O–H groups in total. The van der Waals surface area contributed by atoms with Crippen LogP contribution in [-0.2, 0) is 0 Å². The van der Waals surface area contributed by atoms with E-state index in [0.717, 1.165) is 0 Å². The molecule has 0 atom stereocenters. The largest absolute Gasteiger partial charge is 0.493 e. The zero-order chi connectivity index (χ0) is 19.4. The molecule has 7 nitrogen and oxygen atoms in total. The molecule has 0 spiro atoms. The fourth-order valence-electron chi connectivity index (χ4n) is 2.80. The van der Waals surface area contributed by atoms with Crippen molar-refractivity contribution in [3.8, 4) is 34.2 Å². The number of hydrogen-bond donors (Lipinski definition) is 1. The molecule has 0 aliphatic carbocycles. The molecule has 2 aromatic carbocycles. The highest BCUT2D eigenvalue weighted by Gasteiger charge is 2.16. The first-order valence-corrected chi connectivity index (χ1v) is 8.19. The number of aromatic nitrogens is 1. The predicted molar refractivity (Wildman–Crippen MR) is 100 cm³/mol. The number of rotatable bonds is 5. The highest BCUT2D eigenvalue weighted by atomic mass is 16.6. The Labute approximate surface area is 154 Å². The van der Waals surface area contributed by atoms with Crippen LogP contribution in [0.15, 0.2) is 59.4 Å². The maximum atomic E-state index is 12.5. The first kappa shape index (κ1) is 17.9. The molecule has 0 amide bonds. The van der Waals surface area contributed by atoms with Crippen LogP contribution in [0.4, 0.5) is 5.69 Å². The molecule has 27 heavy (non-hydrogen) atoms. The van der Waals surface area contributed by atoms with E-state index in [4.69, 9.17) is 4.74 Å². The third kappa shape index (κ3) is 3.55. The summed E-state index contributed by atoms with van der Waals surface area (Å²) in [7, 11) is 0. The normalized spacial score (nSPS) is 10.2. The lowest BCUT2D eigenvalue weighted by molar-refractivity contribution is -0.384. The zero-order valence-corrected chi connectivity index (χ0v) is 14.4. The second-order valence-electron chi connectivity index (χ2n) is 5.65. The van der Waals surface area contributed by atoms with Crippen LogP contribution in [0.2, 0.25) is 0 Å². The van der Waals surface area contributed by atoms with Crippen LogP contribution in [0.1, 0.15) is 12.5 Å². The minimum Gasteiger partial charge on any atom is -0.493 e. The van der Waals surface area contributed by atoms with Crippen LogP contribution in [0.5, 0.6) is 5.75 Å². The monoisotopic (exact) mass is 361 g/mol. The topological polar surface area (TPSA) is 109 Å². The van der Waals surface area contributed by atoms with Gasteiger partial charge in [0.2, 0.25) is 0 Å². The number of para-hydroxylation sites is 1. The van der Waals surface area contributed by atoms with Crippen molar-refractivity contribution >= 4 is 5.69 Å². The van der Waals surface area contributed by atoms with E-state index in [-0.39, 0.29) is 11.3 Å². The van der Waals surface area contributed by atoms with Crippen molar-refractivity contribution in [2.45, 2.75) is 6.92 Å². The van der Waals surface area contributed by atoms with Gasteiger partial charge in [0.15, 0.2) is 0 Å². The Bertz CT molecular complexity index is 1110. The molecule has 0 saturated heterocycles. The maximum absolute atomic E-state index is 12.5. The van der Waals surface area contributed by atoms with Gasteiger partial charge < -0.3 is 9.72 Å². The first-order chi connectivity index (χ1) is 13.0. The summed E-state index contributed by atoms with van der Waals surface area (Å²) in [5.41, 5.74) is 1.17. The van der Waals surface area contributed by atoms with Gasteiger partial charge in [-0.3, -0.25) is 14.9 Å². The smallest absolute Gasteiger partial charge is 0.270 e. The third-order valence-corrected chi connectivity index (χ3v) is 3.99. The number of pyridine rings is 1. The van der Waals surface area contributed by atoms with Gasteiger partial charge in [0.05, 0.1) is 11.5 Å². The van der Waals surface area contributed by atoms with E-state index >= 15 is 0 Å². The lowest BCUT2D eigenvalue weighted by Gasteiger charge is -2.12. The van der Waals surface area contributed by atoms with Crippen LogP contribution in [0, 0.1) is 21.4 Å². The molecule has 1 aromatic heterocycles. The summed E-state index contributed by atoms with van der Waals surface area (Å²) in [6.45, 7) is 2.27. The van der Waals surface area contributed by atoms with E-state index in [0.29, 0.717) is 34.7 Å². The van der Waals surface area contributed by atoms with Gasteiger partial charge in [0.1, 0.15) is 17.4 Å². The number of non-ortho nitro benzene ring substituents is 1. The van der Waals surface area contributed by atoms with Crippen molar-refractivity contribution in [3.05, 3.63) is 80.6 Å². The number of hydrogen-bond acceptors (Lipinski definition) is 5. The number of H-pyrrole nitrogens is 1. The Morgan fingerprint density at radius 2 is 1.93 bits per heavy atom. The average Bonchev–Trinajstić information content (AvgIpc) is 2.68. The van der Waals surface area contributed by atoms with Crippen LogP contribution < -0.4 is 10.3 Å². The van der Waals surface area contributed by atoms with Crippen LogP contribution in [0.25, 0.3) is 22.4 Å². The van der Waals surface area contributed by atoms with Gasteiger partial charge in [-0.25, -0.2) is 0 Å². The summed E-state index contributed by atoms with van der Waals surface area (Å²) in [5.74, 6) is 0.548. The lowest BCUT2D eigenvalue weighted by Crippen LogP contribution is -2.13. The predicted octanol–water partition coefficient (Wildman–Crippen LogP) is 3.89. The average molecular weight is 361 g/mol. The van der Waals surface area contributed by atoms with E-state index in [9.17, 15) is 20.2 Å². The number of nitrogens with one attached hydrogen (secondary N) is 1. The van der Waals surface area contributed by atoms with Crippen molar-refractivity contribution in [3.63, 3.8) is 0 Å². The van der Waals surface area contributed by atoms with Gasteiger partial charge in [-0.05, 0) is 19.1 Å². The number of nitro groups is 1. The molecule has 0 unspecified atom stereocenters. The summed E-state index contributed by atoms with van der Waals surface area (Å²) >= 11 is 0. The Morgan fingerprint density at radius 3 is 2.63 bits per heavy atom. The highest BCUT2D eigenvalue weighted by Crippen LogP contribution is 2.33. The number of aromatic amines is 1. The lowest BCUT2D eigenvalue weighted by atomic mass is 9.98. The van der Waals surface area contributed by atoms with Crippen LogP contribution in [0.3, 0.4) is 0 Å². The molecule has 3 aromatic rings. The second-order valence-corrected chi connectivity index (χ2v) is 5.65. The molecular formula is C20H15N3O4. The van der Waals surface area contributed by atoms with Crippen molar-refractivity contribution < 1.29 is 9.66 Å². The highest BCUT2D eigenvalue weighted by molar-refractivity contribution is 5.79. The number of ether oxygens (including phenoxy) is 1. The summed E-state index contributed by atoms with van der Waals surface area (Å²) < 4.78 is 5.62. The summed E-state index contributed by atoms with van der Waals surface area (Å²) in [6, 6.07) is 16.6. The Balaban J connectivity index is 2.25. The molecule has 1 heterocycles. The summed E-state index contributed by atoms with van der Waals surface area (Å²) in [4.78, 5) is 25.6. The fraction of sp³-hybridized carbons (Fsp3) is 0.100. The minimum atomic E-state index is -0.567. The molecule has 0 bridgehead atoms. The molecular weight excluding hydrogens is 346 g/mol. The SMILES string of the molecule is CCOc1ccccc1-c1cc(-c2cccc([N+](=O)[O-])c2)[nH]c(=O)c1C#N. The van der Waals surface area contributed by atoms with Gasteiger partial charge in [-0.15, -0.1) is 0 Å². The summed E-state index contributed by atoms with van der Waals surface area (Å²) in [6.07, 6.45) is 0. The number of nitrogens with zero attached hydrogens (tertiary/aromatic N) is 2. The first-order valence-electron chi connectivity index (χ1n) is 8.19. The van der Waals surface area contributed by atoms with E-state index in [1.54, 1.807) is 36.4 Å². The third-order valence-electron chi connectivity index (χ3n) is 3.99. The second kappa shape index (κ2) is 7.54. The van der Waals surface area contributed by atoms with Gasteiger partial charge >= 0.3 is 0 Å². The van der Waals surface area contributed by atoms with E-state index in [1.165, 1.54) is 18.2 Å². The Kier molecular flexibility index (Phi) is 4.99. The zero-order valence-electron chi connectivity index (χ0n) is 14.4. The molecule has 3 rings (SSSR count). The van der Waals surface area contributed by atoms with Crippen molar-refractivity contribution in [2.24, 2.45) is 0 Å². The quantitative estimate of drug-likeness (QED) is 0.548. The summed E-state index contributed by atoms with van der Waals surface area (Å²) in [5, 5.41) is 20.5. The Morgan fingerprint density at radius 1 is 1.15 bits per heavy atom. The van der Waals surface area contributed by atoms with E-state index in [2.05, 4.69) is 4.98 Å². The Hall–Kier alpha value is -3.92.